The fraction of sp³-hybridized carbons (Fsp3) is 0.278. The van der Waals surface area contributed by atoms with Crippen LogP contribution in [0, 0.1) is 29.1 Å². The standard InChI is InChI=1S/C17H12F8O3.CH2O2/c1-26-9-4-2-8(3-5-9)6-27-7-10(17(23,24)25)28-16-14(21)12(19)11(18)13(20)15(16)22;2-1-3/h2-5,10H,6-7H2,1H3;1H,(H,2,3). The number of rotatable bonds is 7. The minimum absolute atomic E-state index is 0.250. The lowest BCUT2D eigenvalue weighted by molar-refractivity contribution is -0.210. The van der Waals surface area contributed by atoms with Crippen molar-refractivity contribution in [3.8, 4) is 11.5 Å². The molecule has 2 aromatic rings. The second-order valence-corrected chi connectivity index (χ2v) is 5.52. The quantitative estimate of drug-likeness (QED) is 0.282. The molecule has 0 aliphatic rings. The molecule has 1 N–H and O–H groups in total. The lowest BCUT2D eigenvalue weighted by atomic mass is 10.2. The summed E-state index contributed by atoms with van der Waals surface area (Å²) in [6.45, 7) is -1.84. The highest BCUT2D eigenvalue weighted by atomic mass is 19.4. The number of carboxylic acid groups (broad SMARTS) is 1. The first-order valence-electron chi connectivity index (χ1n) is 8.01. The Balaban J connectivity index is 0.00000151. The summed E-state index contributed by atoms with van der Waals surface area (Å²) < 4.78 is 119. The molecule has 31 heavy (non-hydrogen) atoms. The third-order valence-corrected chi connectivity index (χ3v) is 3.49. The van der Waals surface area contributed by atoms with Crippen molar-refractivity contribution in [1.29, 1.82) is 0 Å². The van der Waals surface area contributed by atoms with Gasteiger partial charge in [0.15, 0.2) is 5.75 Å². The van der Waals surface area contributed by atoms with Crippen LogP contribution in [0.15, 0.2) is 24.3 Å². The van der Waals surface area contributed by atoms with E-state index in [9.17, 15) is 35.1 Å². The van der Waals surface area contributed by atoms with Crippen molar-refractivity contribution < 1.29 is 59.2 Å². The highest BCUT2D eigenvalue weighted by molar-refractivity contribution is 5.32. The third-order valence-electron chi connectivity index (χ3n) is 3.49. The number of methoxy groups -OCH3 is 1. The van der Waals surface area contributed by atoms with Gasteiger partial charge in [-0.1, -0.05) is 12.1 Å². The van der Waals surface area contributed by atoms with Gasteiger partial charge in [0.1, 0.15) is 5.75 Å². The van der Waals surface area contributed by atoms with Gasteiger partial charge in [-0.2, -0.15) is 22.0 Å². The number of alkyl halides is 3. The Hall–Kier alpha value is -3.09. The van der Waals surface area contributed by atoms with Crippen molar-refractivity contribution >= 4 is 6.47 Å². The molecule has 1 atom stereocenters. The van der Waals surface area contributed by atoms with Gasteiger partial charge in [0.2, 0.25) is 35.2 Å². The topological polar surface area (TPSA) is 65.0 Å². The van der Waals surface area contributed by atoms with Gasteiger partial charge >= 0.3 is 6.18 Å². The molecule has 0 saturated heterocycles. The highest BCUT2D eigenvalue weighted by Gasteiger charge is 2.44. The van der Waals surface area contributed by atoms with E-state index in [0.717, 1.165) is 0 Å². The minimum Gasteiger partial charge on any atom is -0.497 e. The molecule has 0 aliphatic heterocycles. The molecule has 0 saturated carbocycles. The first-order chi connectivity index (χ1) is 14.5. The number of ether oxygens (including phenoxy) is 3. The number of hydrogen-bond acceptors (Lipinski definition) is 4. The molecule has 0 bridgehead atoms. The number of carbonyl (C=O) groups is 1. The van der Waals surface area contributed by atoms with E-state index in [0.29, 0.717) is 11.3 Å². The largest absolute Gasteiger partial charge is 0.497 e. The molecule has 5 nitrogen and oxygen atoms in total. The number of hydrogen-bond donors (Lipinski definition) is 1. The summed E-state index contributed by atoms with van der Waals surface area (Å²) in [6.07, 6.45) is -8.18. The zero-order chi connectivity index (χ0) is 23.8. The first-order valence-corrected chi connectivity index (χ1v) is 8.01. The van der Waals surface area contributed by atoms with Crippen LogP contribution in [0.25, 0.3) is 0 Å². The average Bonchev–Trinajstić information content (AvgIpc) is 2.72. The van der Waals surface area contributed by atoms with Crippen LogP contribution in [0.3, 0.4) is 0 Å². The Bertz CT molecular complexity index is 842. The van der Waals surface area contributed by atoms with E-state index >= 15 is 0 Å². The fourth-order valence-electron chi connectivity index (χ4n) is 2.03. The molecule has 13 heteroatoms. The zero-order valence-electron chi connectivity index (χ0n) is 15.5. The molecule has 0 radical (unpaired) electrons. The molecule has 0 fully saturated rings. The predicted molar refractivity (Wildman–Crippen MR) is 88.0 cm³/mol. The van der Waals surface area contributed by atoms with Gasteiger partial charge in [-0.15, -0.1) is 0 Å². The predicted octanol–water partition coefficient (Wildman–Crippen LogP) is 4.62. The number of halogens is 8. The monoisotopic (exact) mass is 462 g/mol. The molecule has 2 aromatic carbocycles. The Morgan fingerprint density at radius 2 is 1.39 bits per heavy atom. The zero-order valence-corrected chi connectivity index (χ0v) is 15.5. The van der Waals surface area contributed by atoms with Crippen LogP contribution < -0.4 is 9.47 Å². The summed E-state index contributed by atoms with van der Waals surface area (Å²) in [6, 6.07) is 6.02. The van der Waals surface area contributed by atoms with Crippen molar-refractivity contribution in [2.75, 3.05) is 13.7 Å². The third kappa shape index (κ3) is 6.98. The van der Waals surface area contributed by atoms with E-state index in [-0.39, 0.29) is 13.1 Å². The van der Waals surface area contributed by atoms with Gasteiger partial charge in [0.05, 0.1) is 20.3 Å². The van der Waals surface area contributed by atoms with Gasteiger partial charge in [-0.25, -0.2) is 13.2 Å². The number of benzene rings is 2. The van der Waals surface area contributed by atoms with Gasteiger partial charge in [-0.05, 0) is 17.7 Å². The van der Waals surface area contributed by atoms with Crippen molar-refractivity contribution in [2.45, 2.75) is 18.9 Å². The smallest absolute Gasteiger partial charge is 0.427 e. The van der Waals surface area contributed by atoms with E-state index in [1.54, 1.807) is 0 Å². The Kier molecular flexibility index (Phi) is 9.49. The van der Waals surface area contributed by atoms with Gasteiger partial charge in [-0.3, -0.25) is 4.79 Å². The molecular weight excluding hydrogens is 448 g/mol. The molecule has 0 heterocycles. The van der Waals surface area contributed by atoms with E-state index in [2.05, 4.69) is 4.74 Å². The van der Waals surface area contributed by atoms with Gasteiger partial charge in [0.25, 0.3) is 6.47 Å². The highest BCUT2D eigenvalue weighted by Crippen LogP contribution is 2.33. The lowest BCUT2D eigenvalue weighted by Crippen LogP contribution is -2.39. The van der Waals surface area contributed by atoms with Crippen LogP contribution in [-0.4, -0.2) is 37.6 Å². The van der Waals surface area contributed by atoms with E-state index in [4.69, 9.17) is 19.4 Å². The second kappa shape index (κ2) is 11.3. The Labute approximate surface area is 169 Å². The van der Waals surface area contributed by atoms with E-state index in [1.165, 1.54) is 31.4 Å². The Morgan fingerprint density at radius 1 is 0.935 bits per heavy atom. The van der Waals surface area contributed by atoms with Crippen LogP contribution in [0.5, 0.6) is 11.5 Å². The molecule has 0 aromatic heterocycles. The van der Waals surface area contributed by atoms with Crippen LogP contribution in [0.4, 0.5) is 35.1 Å². The molecule has 2 rings (SSSR count). The Morgan fingerprint density at radius 3 is 1.81 bits per heavy atom. The summed E-state index contributed by atoms with van der Waals surface area (Å²) in [5.41, 5.74) is 0.443. The molecule has 0 spiro atoms. The van der Waals surface area contributed by atoms with Gasteiger partial charge in [0, 0.05) is 0 Å². The fourth-order valence-corrected chi connectivity index (χ4v) is 2.03. The molecule has 172 valence electrons. The van der Waals surface area contributed by atoms with Crippen LogP contribution in [-0.2, 0) is 16.1 Å². The van der Waals surface area contributed by atoms with Gasteiger partial charge < -0.3 is 19.3 Å². The molecular formula is C18H14F8O5. The van der Waals surface area contributed by atoms with Crippen molar-refractivity contribution in [1.82, 2.24) is 0 Å². The maximum atomic E-state index is 13.5. The summed E-state index contributed by atoms with van der Waals surface area (Å²) >= 11 is 0. The minimum atomic E-state index is -5.21. The second-order valence-electron chi connectivity index (χ2n) is 5.52. The summed E-state index contributed by atoms with van der Waals surface area (Å²) in [5.74, 6) is -13.9. The van der Waals surface area contributed by atoms with E-state index in [1.807, 2.05) is 0 Å². The maximum absolute atomic E-state index is 13.5. The lowest BCUT2D eigenvalue weighted by Gasteiger charge is -2.22. The first kappa shape index (κ1) is 25.9. The summed E-state index contributed by atoms with van der Waals surface area (Å²) in [4.78, 5) is 8.36. The van der Waals surface area contributed by atoms with E-state index < -0.39 is 53.7 Å². The molecule has 1 unspecified atom stereocenters. The molecule has 0 amide bonds. The average molecular weight is 462 g/mol. The van der Waals surface area contributed by atoms with Crippen LogP contribution in [0.1, 0.15) is 5.56 Å². The van der Waals surface area contributed by atoms with Crippen molar-refractivity contribution in [2.24, 2.45) is 0 Å². The summed E-state index contributed by atoms with van der Waals surface area (Å²) in [7, 11) is 1.41. The van der Waals surface area contributed by atoms with Crippen molar-refractivity contribution in [3.63, 3.8) is 0 Å². The summed E-state index contributed by atoms with van der Waals surface area (Å²) in [5, 5.41) is 6.89. The van der Waals surface area contributed by atoms with Crippen LogP contribution in [0.2, 0.25) is 0 Å². The molecule has 0 aliphatic carbocycles. The van der Waals surface area contributed by atoms with Crippen molar-refractivity contribution in [3.05, 3.63) is 58.9 Å². The maximum Gasteiger partial charge on any atom is 0.427 e. The van der Waals surface area contributed by atoms with Crippen LogP contribution >= 0.6 is 0 Å². The SMILES string of the molecule is COc1ccc(COCC(Oc2c(F)c(F)c(F)c(F)c2F)C(F)(F)F)cc1.O=CO. The normalized spacial score (nSPS) is 11.9.